The first kappa shape index (κ1) is 14.7. The molecule has 1 amide bonds. The van der Waals surface area contributed by atoms with Crippen molar-refractivity contribution in [3.05, 3.63) is 0 Å². The monoisotopic (exact) mass is 284 g/mol. The van der Waals surface area contributed by atoms with Gasteiger partial charge in [0.1, 0.15) is 0 Å². The van der Waals surface area contributed by atoms with Crippen LogP contribution in [0.4, 0.5) is 0 Å². The van der Waals surface area contributed by atoms with Crippen LogP contribution in [0.5, 0.6) is 0 Å². The summed E-state index contributed by atoms with van der Waals surface area (Å²) < 4.78 is 5.76. The van der Waals surface area contributed by atoms with Crippen LogP contribution in [-0.4, -0.2) is 41.1 Å². The predicted molar refractivity (Wildman–Crippen MR) is 78.9 cm³/mol. The van der Waals surface area contributed by atoms with Gasteiger partial charge in [-0.2, -0.15) is 0 Å². The first-order valence-corrected chi connectivity index (χ1v) is 7.70. The summed E-state index contributed by atoms with van der Waals surface area (Å²) in [6, 6.07) is 0.230. The third kappa shape index (κ3) is 2.38. The van der Waals surface area contributed by atoms with Crippen molar-refractivity contribution < 1.29 is 9.53 Å². The molecule has 0 radical (unpaired) electrons. The fraction of sp³-hybridized carbons (Fsp3) is 0.857. The van der Waals surface area contributed by atoms with Gasteiger partial charge in [0.2, 0.25) is 5.91 Å². The first-order chi connectivity index (χ1) is 9.06. The molecule has 2 atom stereocenters. The van der Waals surface area contributed by atoms with Gasteiger partial charge in [-0.1, -0.05) is 26.1 Å². The maximum Gasteiger partial charge on any atom is 0.236 e. The molecule has 0 aromatic rings. The van der Waals surface area contributed by atoms with Gasteiger partial charge in [-0.3, -0.25) is 4.79 Å². The van der Waals surface area contributed by atoms with E-state index in [9.17, 15) is 4.79 Å². The number of morpholine rings is 1. The number of nitrogens with two attached hydrogens (primary N) is 1. The van der Waals surface area contributed by atoms with Crippen molar-refractivity contribution in [3.63, 3.8) is 0 Å². The van der Waals surface area contributed by atoms with Crippen LogP contribution in [0, 0.1) is 5.41 Å². The van der Waals surface area contributed by atoms with Crippen LogP contribution < -0.4 is 5.73 Å². The van der Waals surface area contributed by atoms with Crippen molar-refractivity contribution in [3.8, 4) is 0 Å². The zero-order chi connectivity index (χ0) is 14.0. The molecule has 0 aromatic heterocycles. The molecule has 1 aliphatic carbocycles. The molecule has 5 heteroatoms. The Morgan fingerprint density at radius 2 is 2.11 bits per heavy atom. The van der Waals surface area contributed by atoms with Crippen LogP contribution in [0.2, 0.25) is 0 Å². The molecule has 0 bridgehead atoms. The summed E-state index contributed by atoms with van der Waals surface area (Å²) >= 11 is 5.19. The number of fused-ring (bicyclic) bond motifs is 1. The topological polar surface area (TPSA) is 55.6 Å². The van der Waals surface area contributed by atoms with E-state index in [4.69, 9.17) is 22.7 Å². The van der Waals surface area contributed by atoms with E-state index in [0.29, 0.717) is 31.0 Å². The summed E-state index contributed by atoms with van der Waals surface area (Å²) in [5.74, 6) is 0.116. The average molecular weight is 284 g/mol. The molecule has 2 N–H and O–H groups in total. The highest BCUT2D eigenvalue weighted by molar-refractivity contribution is 7.80. The van der Waals surface area contributed by atoms with Crippen LogP contribution in [0.25, 0.3) is 0 Å². The van der Waals surface area contributed by atoms with E-state index in [-0.39, 0.29) is 18.1 Å². The Balaban J connectivity index is 2.23. The maximum atomic E-state index is 13.0. The number of hydrogen-bond donors (Lipinski definition) is 1. The summed E-state index contributed by atoms with van der Waals surface area (Å²) in [5.41, 5.74) is 5.22. The number of ether oxygens (including phenoxy) is 1. The second-order valence-corrected chi connectivity index (χ2v) is 6.00. The van der Waals surface area contributed by atoms with Crippen molar-refractivity contribution in [1.29, 1.82) is 0 Å². The molecule has 2 aliphatic rings. The Morgan fingerprint density at radius 1 is 1.42 bits per heavy atom. The van der Waals surface area contributed by atoms with Crippen molar-refractivity contribution in [2.75, 3.05) is 13.2 Å². The second kappa shape index (κ2) is 5.75. The van der Waals surface area contributed by atoms with Crippen molar-refractivity contribution >= 4 is 23.1 Å². The molecule has 1 saturated heterocycles. The smallest absolute Gasteiger partial charge is 0.236 e. The molecule has 4 nitrogen and oxygen atoms in total. The molecule has 1 saturated carbocycles. The molecule has 0 spiro atoms. The molecular formula is C14H24N2O2S. The molecule has 2 unspecified atom stereocenters. The number of amides is 1. The SMILES string of the molecule is CCC(CC)(C(=O)N1CCOC2CCCC21)C(N)=S. The van der Waals surface area contributed by atoms with Crippen LogP contribution in [0.15, 0.2) is 0 Å². The first-order valence-electron chi connectivity index (χ1n) is 7.29. The van der Waals surface area contributed by atoms with Gasteiger partial charge >= 0.3 is 0 Å². The van der Waals surface area contributed by atoms with E-state index < -0.39 is 5.41 Å². The Kier molecular flexibility index (Phi) is 4.46. The third-order valence-corrected chi connectivity index (χ3v) is 5.22. The standard InChI is InChI=1S/C14H24N2O2S/c1-3-14(4-2,12(15)19)13(17)16-8-9-18-11-7-5-6-10(11)16/h10-11H,3-9H2,1-2H3,(H2,15,19). The van der Waals surface area contributed by atoms with Gasteiger partial charge in [-0.15, -0.1) is 0 Å². The van der Waals surface area contributed by atoms with Crippen molar-refractivity contribution in [1.82, 2.24) is 4.90 Å². The Hall–Kier alpha value is -0.680. The lowest BCUT2D eigenvalue weighted by Gasteiger charge is -2.43. The maximum absolute atomic E-state index is 13.0. The fourth-order valence-electron chi connectivity index (χ4n) is 3.46. The molecule has 1 heterocycles. The van der Waals surface area contributed by atoms with E-state index >= 15 is 0 Å². The average Bonchev–Trinajstić information content (AvgIpc) is 2.88. The minimum atomic E-state index is -0.667. The number of nitrogens with zero attached hydrogens (tertiary/aromatic N) is 1. The summed E-state index contributed by atoms with van der Waals surface area (Å²) in [7, 11) is 0. The molecule has 2 fully saturated rings. The molecule has 19 heavy (non-hydrogen) atoms. The zero-order valence-corrected chi connectivity index (χ0v) is 12.7. The normalized spacial score (nSPS) is 27.2. The Labute approximate surface area is 120 Å². The number of carbonyl (C=O) groups excluding carboxylic acids is 1. The molecule has 1 aliphatic heterocycles. The van der Waals surface area contributed by atoms with E-state index in [1.165, 1.54) is 0 Å². The molecular weight excluding hydrogens is 260 g/mol. The largest absolute Gasteiger partial charge is 0.392 e. The predicted octanol–water partition coefficient (Wildman–Crippen LogP) is 1.86. The van der Waals surface area contributed by atoms with Crippen LogP contribution in [0.1, 0.15) is 46.0 Å². The van der Waals surface area contributed by atoms with E-state index in [1.807, 2.05) is 18.7 Å². The van der Waals surface area contributed by atoms with Gasteiger partial charge < -0.3 is 15.4 Å². The number of thiocarbonyl (C=S) groups is 1. The molecule has 108 valence electrons. The Morgan fingerprint density at radius 3 is 2.68 bits per heavy atom. The van der Waals surface area contributed by atoms with E-state index in [1.54, 1.807) is 0 Å². The zero-order valence-electron chi connectivity index (χ0n) is 11.9. The highest BCUT2D eigenvalue weighted by atomic mass is 32.1. The summed E-state index contributed by atoms with van der Waals surface area (Å²) in [5, 5.41) is 0. The summed E-state index contributed by atoms with van der Waals surface area (Å²) in [6.07, 6.45) is 4.80. The van der Waals surface area contributed by atoms with E-state index in [2.05, 4.69) is 0 Å². The van der Waals surface area contributed by atoms with Crippen LogP contribution >= 0.6 is 12.2 Å². The highest BCUT2D eigenvalue weighted by Crippen LogP contribution is 2.36. The Bertz CT molecular complexity index is 368. The summed E-state index contributed by atoms with van der Waals surface area (Å²) in [4.78, 5) is 15.3. The second-order valence-electron chi connectivity index (χ2n) is 5.56. The number of carbonyl (C=O) groups is 1. The molecule has 0 aromatic carbocycles. The van der Waals surface area contributed by atoms with Gasteiger partial charge in [0.05, 0.1) is 29.2 Å². The summed E-state index contributed by atoms with van der Waals surface area (Å²) in [6.45, 7) is 5.29. The van der Waals surface area contributed by atoms with Gasteiger partial charge in [-0.25, -0.2) is 0 Å². The minimum absolute atomic E-state index is 0.116. The van der Waals surface area contributed by atoms with Gasteiger partial charge in [0.25, 0.3) is 0 Å². The lowest BCUT2D eigenvalue weighted by Crippen LogP contribution is -2.58. The third-order valence-electron chi connectivity index (χ3n) is 4.83. The quantitative estimate of drug-likeness (QED) is 0.801. The number of rotatable bonds is 4. The molecule has 2 rings (SSSR count). The minimum Gasteiger partial charge on any atom is -0.392 e. The van der Waals surface area contributed by atoms with Crippen molar-refractivity contribution in [2.24, 2.45) is 11.1 Å². The highest BCUT2D eigenvalue weighted by Gasteiger charge is 2.46. The van der Waals surface area contributed by atoms with Gasteiger partial charge in [0.15, 0.2) is 0 Å². The lowest BCUT2D eigenvalue weighted by molar-refractivity contribution is -0.151. The van der Waals surface area contributed by atoms with Crippen LogP contribution in [0.3, 0.4) is 0 Å². The van der Waals surface area contributed by atoms with E-state index in [0.717, 1.165) is 19.3 Å². The lowest BCUT2D eigenvalue weighted by atomic mass is 9.80. The fourth-order valence-corrected chi connectivity index (χ4v) is 3.83. The van der Waals surface area contributed by atoms with Crippen LogP contribution in [-0.2, 0) is 9.53 Å². The number of hydrogen-bond acceptors (Lipinski definition) is 3. The van der Waals surface area contributed by atoms with Gasteiger partial charge in [-0.05, 0) is 32.1 Å². The van der Waals surface area contributed by atoms with Crippen molar-refractivity contribution in [2.45, 2.75) is 58.1 Å². The van der Waals surface area contributed by atoms with Gasteiger partial charge in [0, 0.05) is 6.54 Å².